The fourth-order valence-corrected chi connectivity index (χ4v) is 3.37. The zero-order valence-electron chi connectivity index (χ0n) is 17.5. The van der Waals surface area contributed by atoms with Gasteiger partial charge in [-0.3, -0.25) is 4.99 Å². The van der Waals surface area contributed by atoms with Crippen molar-refractivity contribution in [2.45, 2.75) is 24.7 Å². The molecule has 0 spiro atoms. The quantitative estimate of drug-likeness (QED) is 0.346. The third-order valence-electron chi connectivity index (χ3n) is 4.32. The third kappa shape index (κ3) is 8.18. The Balaban J connectivity index is 1.82. The molecule has 0 atom stereocenters. The van der Waals surface area contributed by atoms with Crippen molar-refractivity contribution in [3.63, 3.8) is 0 Å². The van der Waals surface area contributed by atoms with Crippen LogP contribution in [-0.4, -0.2) is 46.9 Å². The normalized spacial score (nSPS) is 11.6. The van der Waals surface area contributed by atoms with Gasteiger partial charge in [0.25, 0.3) is 0 Å². The van der Waals surface area contributed by atoms with Crippen molar-refractivity contribution in [1.82, 2.24) is 10.6 Å². The lowest BCUT2D eigenvalue weighted by Crippen LogP contribution is -2.38. The van der Waals surface area contributed by atoms with Gasteiger partial charge in [0.1, 0.15) is 12.4 Å². The maximum Gasteiger partial charge on any atom is 0.191 e. The predicted molar refractivity (Wildman–Crippen MR) is 122 cm³/mol. The lowest BCUT2D eigenvalue weighted by atomic mass is 10.1. The van der Waals surface area contributed by atoms with E-state index in [4.69, 9.17) is 11.2 Å². The molecule has 0 bridgehead atoms. The number of nitrogens with zero attached hydrogens (tertiary/aromatic N) is 1. The largest absolute Gasteiger partial charge is 0.481 e. The number of hydrogen-bond donors (Lipinski definition) is 2. The van der Waals surface area contributed by atoms with Gasteiger partial charge < -0.3 is 15.4 Å². The third-order valence-corrected chi connectivity index (χ3v) is 5.45. The van der Waals surface area contributed by atoms with Gasteiger partial charge in [0.15, 0.2) is 15.8 Å². The van der Waals surface area contributed by atoms with Crippen molar-refractivity contribution in [3.8, 4) is 18.1 Å². The van der Waals surface area contributed by atoms with E-state index in [2.05, 4.69) is 21.5 Å². The minimum atomic E-state index is -3.16. The molecule has 2 aromatic rings. The van der Waals surface area contributed by atoms with E-state index in [-0.39, 0.29) is 6.61 Å². The molecule has 0 saturated carbocycles. The maximum atomic E-state index is 11.5. The van der Waals surface area contributed by atoms with Crippen LogP contribution in [0.25, 0.3) is 0 Å². The summed E-state index contributed by atoms with van der Waals surface area (Å²) >= 11 is 0. The highest BCUT2D eigenvalue weighted by molar-refractivity contribution is 7.90. The molecule has 0 amide bonds. The number of rotatable bonds is 10. The van der Waals surface area contributed by atoms with Crippen LogP contribution in [0.1, 0.15) is 18.1 Å². The molecule has 0 aliphatic carbocycles. The van der Waals surface area contributed by atoms with Crippen LogP contribution >= 0.6 is 0 Å². The summed E-state index contributed by atoms with van der Waals surface area (Å²) < 4.78 is 28.4. The zero-order chi connectivity index (χ0) is 21.8. The molecule has 2 rings (SSSR count). The minimum Gasteiger partial charge on any atom is -0.481 e. The van der Waals surface area contributed by atoms with E-state index in [9.17, 15) is 8.42 Å². The van der Waals surface area contributed by atoms with Crippen LogP contribution in [-0.2, 0) is 22.7 Å². The van der Waals surface area contributed by atoms with E-state index in [0.717, 1.165) is 43.2 Å². The van der Waals surface area contributed by atoms with Gasteiger partial charge in [-0.2, -0.15) is 0 Å². The molecule has 0 fully saturated rings. The number of ether oxygens (including phenoxy) is 1. The van der Waals surface area contributed by atoms with E-state index in [1.165, 1.54) is 11.8 Å². The smallest absolute Gasteiger partial charge is 0.191 e. The van der Waals surface area contributed by atoms with Gasteiger partial charge in [-0.1, -0.05) is 30.2 Å². The molecule has 0 heterocycles. The summed E-state index contributed by atoms with van der Waals surface area (Å²) in [6.07, 6.45) is 7.99. The van der Waals surface area contributed by atoms with Crippen LogP contribution in [0.5, 0.6) is 5.75 Å². The van der Waals surface area contributed by atoms with Gasteiger partial charge in [0.2, 0.25) is 0 Å². The molecule has 0 radical (unpaired) electrons. The fraction of sp³-hybridized carbons (Fsp3) is 0.348. The zero-order valence-corrected chi connectivity index (χ0v) is 18.3. The number of aliphatic imine (C=N–C) groups is 1. The van der Waals surface area contributed by atoms with E-state index >= 15 is 0 Å². The summed E-state index contributed by atoms with van der Waals surface area (Å²) in [6.45, 7) is 4.42. The highest BCUT2D eigenvalue weighted by atomic mass is 32.2. The molecule has 6 nitrogen and oxygen atoms in total. The first-order valence-corrected chi connectivity index (χ1v) is 11.8. The predicted octanol–water partition coefficient (Wildman–Crippen LogP) is 2.44. The fourth-order valence-electron chi connectivity index (χ4n) is 2.74. The van der Waals surface area contributed by atoms with E-state index in [1.54, 1.807) is 12.1 Å². The Labute approximate surface area is 179 Å². The monoisotopic (exact) mass is 427 g/mol. The summed E-state index contributed by atoms with van der Waals surface area (Å²) in [4.78, 5) is 4.93. The Kier molecular flexibility index (Phi) is 9.23. The Hall–Kier alpha value is -2.98. The first-order valence-electron chi connectivity index (χ1n) is 9.88. The molecule has 2 aromatic carbocycles. The molecule has 0 aliphatic rings. The molecule has 160 valence electrons. The van der Waals surface area contributed by atoms with Crippen molar-refractivity contribution in [2.75, 3.05) is 32.5 Å². The number of nitrogens with one attached hydrogen (secondary N) is 2. The molecule has 0 aliphatic heterocycles. The van der Waals surface area contributed by atoms with Crippen molar-refractivity contribution in [1.29, 1.82) is 0 Å². The van der Waals surface area contributed by atoms with Gasteiger partial charge >= 0.3 is 0 Å². The van der Waals surface area contributed by atoms with Gasteiger partial charge in [-0.25, -0.2) is 8.42 Å². The second-order valence-corrected chi connectivity index (χ2v) is 8.76. The average Bonchev–Trinajstić information content (AvgIpc) is 2.73. The standard InChI is InChI=1S/C23H29N3O3S/c1-4-18-29-21-10-6-19(7-11-21)14-16-25-23(24-5-2)26-17-15-20-8-12-22(13-9-20)30(3,27)28/h1,6-13H,5,14-18H2,2-3H3,(H2,24,25,26). The summed E-state index contributed by atoms with van der Waals surface area (Å²) in [5.41, 5.74) is 2.24. The lowest BCUT2D eigenvalue weighted by Gasteiger charge is -2.11. The average molecular weight is 428 g/mol. The van der Waals surface area contributed by atoms with Crippen LogP contribution in [0, 0.1) is 12.3 Å². The van der Waals surface area contributed by atoms with Crippen molar-refractivity contribution in [3.05, 3.63) is 59.7 Å². The van der Waals surface area contributed by atoms with Crippen molar-refractivity contribution < 1.29 is 13.2 Å². The Morgan fingerprint density at radius 2 is 1.67 bits per heavy atom. The molecule has 0 aromatic heterocycles. The first-order chi connectivity index (χ1) is 14.4. The number of terminal acetylenes is 1. The summed E-state index contributed by atoms with van der Waals surface area (Å²) in [5.74, 6) is 3.98. The van der Waals surface area contributed by atoms with Gasteiger partial charge in [-0.15, -0.1) is 6.42 Å². The molecule has 7 heteroatoms. The molecule has 0 saturated heterocycles. The molecular formula is C23H29N3O3S. The molecular weight excluding hydrogens is 398 g/mol. The lowest BCUT2D eigenvalue weighted by molar-refractivity contribution is 0.370. The van der Waals surface area contributed by atoms with Crippen molar-refractivity contribution >= 4 is 15.8 Å². The first kappa shape index (κ1) is 23.3. The minimum absolute atomic E-state index is 0.269. The topological polar surface area (TPSA) is 79.8 Å². The molecule has 2 N–H and O–H groups in total. The number of guanidine groups is 1. The molecule has 0 unspecified atom stereocenters. The van der Waals surface area contributed by atoms with E-state index in [0.29, 0.717) is 11.4 Å². The van der Waals surface area contributed by atoms with Crippen LogP contribution in [0.2, 0.25) is 0 Å². The van der Waals surface area contributed by atoms with Gasteiger partial charge in [0.05, 0.1) is 4.90 Å². The summed E-state index contributed by atoms with van der Waals surface area (Å²) in [6, 6.07) is 14.8. The summed E-state index contributed by atoms with van der Waals surface area (Å²) in [5, 5.41) is 6.57. The van der Waals surface area contributed by atoms with Crippen LogP contribution in [0.4, 0.5) is 0 Å². The molecule has 30 heavy (non-hydrogen) atoms. The highest BCUT2D eigenvalue weighted by Gasteiger charge is 2.06. The SMILES string of the molecule is C#CCOc1ccc(CCNC(=NCCc2ccc(S(C)(=O)=O)cc2)NCC)cc1. The Morgan fingerprint density at radius 3 is 2.27 bits per heavy atom. The van der Waals surface area contributed by atoms with Crippen LogP contribution in [0.3, 0.4) is 0 Å². The number of sulfone groups is 1. The van der Waals surface area contributed by atoms with Crippen LogP contribution in [0.15, 0.2) is 58.4 Å². The van der Waals surface area contributed by atoms with Crippen LogP contribution < -0.4 is 15.4 Å². The van der Waals surface area contributed by atoms with E-state index in [1.807, 2.05) is 43.3 Å². The Morgan fingerprint density at radius 1 is 1.03 bits per heavy atom. The highest BCUT2D eigenvalue weighted by Crippen LogP contribution is 2.12. The second kappa shape index (κ2) is 11.9. The van der Waals surface area contributed by atoms with E-state index < -0.39 is 9.84 Å². The number of hydrogen-bond acceptors (Lipinski definition) is 4. The van der Waals surface area contributed by atoms with Crippen molar-refractivity contribution in [2.24, 2.45) is 4.99 Å². The number of benzene rings is 2. The van der Waals surface area contributed by atoms with Gasteiger partial charge in [-0.05, 0) is 55.2 Å². The Bertz CT molecular complexity index is 960. The van der Waals surface area contributed by atoms with Gasteiger partial charge in [0, 0.05) is 25.9 Å². The second-order valence-electron chi connectivity index (χ2n) is 6.74. The summed E-state index contributed by atoms with van der Waals surface area (Å²) in [7, 11) is -3.16. The maximum absolute atomic E-state index is 11.5.